The summed E-state index contributed by atoms with van der Waals surface area (Å²) in [5.74, 6) is 0. The lowest BCUT2D eigenvalue weighted by Gasteiger charge is -2.18. The molecule has 0 unspecified atom stereocenters. The average Bonchev–Trinajstić information content (AvgIpc) is 3.19. The van der Waals surface area contributed by atoms with E-state index >= 15 is 0 Å². The molecule has 0 bridgehead atoms. The van der Waals surface area contributed by atoms with Crippen molar-refractivity contribution in [1.82, 2.24) is 0 Å². The van der Waals surface area contributed by atoms with Crippen LogP contribution in [0, 0.1) is 0 Å². The van der Waals surface area contributed by atoms with Crippen molar-refractivity contribution < 1.29 is 0 Å². The fourth-order valence-electron chi connectivity index (χ4n) is 8.02. The minimum Gasteiger partial charge on any atom is -0.0616 e. The van der Waals surface area contributed by atoms with Gasteiger partial charge in [-0.2, -0.15) is 0 Å². The molecular formula is C50H32. The molecule has 0 aromatic heterocycles. The molecule has 0 radical (unpaired) electrons. The zero-order valence-corrected chi connectivity index (χ0v) is 27.5. The molecule has 0 amide bonds. The fourth-order valence-corrected chi connectivity index (χ4v) is 8.02. The summed E-state index contributed by atoms with van der Waals surface area (Å²) in [6.07, 6.45) is 0. The molecule has 0 aliphatic carbocycles. The van der Waals surface area contributed by atoms with Crippen LogP contribution in [0.15, 0.2) is 194 Å². The molecule has 10 aromatic carbocycles. The Balaban J connectivity index is 1.10. The molecule has 50 heavy (non-hydrogen) atoms. The fraction of sp³-hybridized carbons (Fsp3) is 0. The highest BCUT2D eigenvalue weighted by molar-refractivity contribution is 6.22. The number of benzene rings is 10. The molecule has 0 aliphatic heterocycles. The van der Waals surface area contributed by atoms with Crippen molar-refractivity contribution >= 4 is 53.9 Å². The third-order valence-electron chi connectivity index (χ3n) is 10.4. The Hall–Kier alpha value is -6.50. The van der Waals surface area contributed by atoms with Gasteiger partial charge in [-0.15, -0.1) is 0 Å². The van der Waals surface area contributed by atoms with Crippen LogP contribution in [0.5, 0.6) is 0 Å². The monoisotopic (exact) mass is 632 g/mol. The second-order valence-electron chi connectivity index (χ2n) is 13.3. The lowest BCUT2D eigenvalue weighted by Crippen LogP contribution is -1.91. The first kappa shape index (κ1) is 28.5. The van der Waals surface area contributed by atoms with Gasteiger partial charge in [0.25, 0.3) is 0 Å². The second-order valence-corrected chi connectivity index (χ2v) is 13.3. The van der Waals surface area contributed by atoms with Crippen LogP contribution in [-0.4, -0.2) is 0 Å². The van der Waals surface area contributed by atoms with Crippen LogP contribution in [0.2, 0.25) is 0 Å². The van der Waals surface area contributed by atoms with Gasteiger partial charge in [-0.25, -0.2) is 0 Å². The molecule has 0 heterocycles. The van der Waals surface area contributed by atoms with Crippen LogP contribution in [0.25, 0.3) is 98.4 Å². The maximum Gasteiger partial charge on any atom is -0.00262 e. The Morgan fingerprint density at radius 2 is 0.600 bits per heavy atom. The Kier molecular flexibility index (Phi) is 6.60. The third kappa shape index (κ3) is 4.69. The zero-order valence-electron chi connectivity index (χ0n) is 27.5. The Bertz CT molecular complexity index is 2860. The van der Waals surface area contributed by atoms with Crippen LogP contribution in [0.1, 0.15) is 0 Å². The van der Waals surface area contributed by atoms with Gasteiger partial charge < -0.3 is 0 Å². The first-order valence-electron chi connectivity index (χ1n) is 17.3. The lowest BCUT2D eigenvalue weighted by molar-refractivity contribution is 1.62. The van der Waals surface area contributed by atoms with Gasteiger partial charge in [0.2, 0.25) is 0 Å². The zero-order chi connectivity index (χ0) is 33.0. The van der Waals surface area contributed by atoms with Crippen molar-refractivity contribution in [2.24, 2.45) is 0 Å². The molecule has 0 nitrogen and oxygen atoms in total. The maximum absolute atomic E-state index is 2.37. The van der Waals surface area contributed by atoms with E-state index in [9.17, 15) is 0 Å². The molecule has 0 spiro atoms. The van der Waals surface area contributed by atoms with Gasteiger partial charge in [0, 0.05) is 0 Å². The molecule has 10 rings (SSSR count). The van der Waals surface area contributed by atoms with Gasteiger partial charge in [-0.05, 0) is 123 Å². The van der Waals surface area contributed by atoms with E-state index < -0.39 is 0 Å². The van der Waals surface area contributed by atoms with Crippen LogP contribution in [-0.2, 0) is 0 Å². The SMILES string of the molecule is c1cc(-c2ccc3cc(-c4cccc5ccccc45)ccc3c2)cc(-c2c3ccccc3c(-c3ccc4ccccc4c3)c3ccccc23)c1. The summed E-state index contributed by atoms with van der Waals surface area (Å²) in [7, 11) is 0. The minimum absolute atomic E-state index is 1.22. The molecular weight excluding hydrogens is 601 g/mol. The average molecular weight is 633 g/mol. The molecule has 0 saturated carbocycles. The van der Waals surface area contributed by atoms with Gasteiger partial charge in [0.1, 0.15) is 0 Å². The summed E-state index contributed by atoms with van der Waals surface area (Å²) in [4.78, 5) is 0. The van der Waals surface area contributed by atoms with Gasteiger partial charge in [0.05, 0.1) is 0 Å². The summed E-state index contributed by atoms with van der Waals surface area (Å²) in [6, 6.07) is 71.4. The highest BCUT2D eigenvalue weighted by Gasteiger charge is 2.17. The number of rotatable bonds is 4. The molecule has 0 saturated heterocycles. The van der Waals surface area contributed by atoms with Crippen molar-refractivity contribution in [3.8, 4) is 44.5 Å². The largest absolute Gasteiger partial charge is 0.0616 e. The minimum atomic E-state index is 1.22. The Morgan fingerprint density at radius 3 is 1.30 bits per heavy atom. The molecule has 0 atom stereocenters. The van der Waals surface area contributed by atoms with E-state index in [0.29, 0.717) is 0 Å². The van der Waals surface area contributed by atoms with E-state index in [0.717, 1.165) is 0 Å². The summed E-state index contributed by atoms with van der Waals surface area (Å²) in [6.45, 7) is 0. The van der Waals surface area contributed by atoms with E-state index in [4.69, 9.17) is 0 Å². The Labute approximate surface area is 291 Å². The summed E-state index contributed by atoms with van der Waals surface area (Å²) >= 11 is 0. The van der Waals surface area contributed by atoms with Crippen LogP contribution in [0.4, 0.5) is 0 Å². The van der Waals surface area contributed by atoms with Gasteiger partial charge in [-0.1, -0.05) is 170 Å². The van der Waals surface area contributed by atoms with E-state index in [1.807, 2.05) is 0 Å². The number of hydrogen-bond acceptors (Lipinski definition) is 0. The van der Waals surface area contributed by atoms with Crippen molar-refractivity contribution in [2.75, 3.05) is 0 Å². The van der Waals surface area contributed by atoms with E-state index in [2.05, 4.69) is 194 Å². The number of fused-ring (bicyclic) bond motifs is 5. The van der Waals surface area contributed by atoms with Crippen molar-refractivity contribution in [3.05, 3.63) is 194 Å². The predicted molar refractivity (Wildman–Crippen MR) is 216 cm³/mol. The van der Waals surface area contributed by atoms with E-state index in [1.54, 1.807) is 0 Å². The summed E-state index contributed by atoms with van der Waals surface area (Å²) in [5, 5.41) is 12.6. The molecule has 0 N–H and O–H groups in total. The van der Waals surface area contributed by atoms with Gasteiger partial charge in [0.15, 0.2) is 0 Å². The summed E-state index contributed by atoms with van der Waals surface area (Å²) < 4.78 is 0. The van der Waals surface area contributed by atoms with Crippen molar-refractivity contribution in [2.45, 2.75) is 0 Å². The quantitative estimate of drug-likeness (QED) is 0.169. The molecule has 232 valence electrons. The van der Waals surface area contributed by atoms with Crippen LogP contribution >= 0.6 is 0 Å². The summed E-state index contributed by atoms with van der Waals surface area (Å²) in [5.41, 5.74) is 10.0. The smallest absolute Gasteiger partial charge is 0.00262 e. The first-order valence-corrected chi connectivity index (χ1v) is 17.3. The number of hydrogen-bond donors (Lipinski definition) is 0. The molecule has 0 heteroatoms. The lowest BCUT2D eigenvalue weighted by atomic mass is 9.85. The molecule has 10 aromatic rings. The van der Waals surface area contributed by atoms with Crippen molar-refractivity contribution in [3.63, 3.8) is 0 Å². The van der Waals surface area contributed by atoms with Crippen molar-refractivity contribution in [1.29, 1.82) is 0 Å². The maximum atomic E-state index is 2.37. The second kappa shape index (κ2) is 11.6. The van der Waals surface area contributed by atoms with Gasteiger partial charge in [-0.3, -0.25) is 0 Å². The first-order chi connectivity index (χ1) is 24.8. The predicted octanol–water partition coefficient (Wildman–Crippen LogP) is 14.1. The van der Waals surface area contributed by atoms with E-state index in [-0.39, 0.29) is 0 Å². The van der Waals surface area contributed by atoms with Crippen LogP contribution < -0.4 is 0 Å². The molecule has 0 aliphatic rings. The Morgan fingerprint density at radius 1 is 0.200 bits per heavy atom. The van der Waals surface area contributed by atoms with Gasteiger partial charge >= 0.3 is 0 Å². The van der Waals surface area contributed by atoms with Crippen LogP contribution in [0.3, 0.4) is 0 Å². The highest BCUT2D eigenvalue weighted by atomic mass is 14.2. The standard InChI is InChI=1S/C50H32/c1-2-13-35-31-42(28-23-33(35)11-1)50-47-20-7-5-18-45(47)49(46-19-6-8-21-48(46)50)41-16-9-15-36(32-41)37-24-25-39-30-40(27-26-38(39)29-37)44-22-10-14-34-12-3-4-17-43(34)44/h1-32H. The highest BCUT2D eigenvalue weighted by Crippen LogP contribution is 2.45. The third-order valence-corrected chi connectivity index (χ3v) is 10.4. The normalized spacial score (nSPS) is 11.6. The topological polar surface area (TPSA) is 0 Å². The van der Waals surface area contributed by atoms with E-state index in [1.165, 1.54) is 98.4 Å². The molecule has 0 fully saturated rings.